The molecule has 0 amide bonds. The van der Waals surface area contributed by atoms with Gasteiger partial charge >= 0.3 is 5.97 Å². The standard InChI is InChI=1S/C12H7F3N2O2/c13-6-4-7(14)11(8(15)5-6)17-10-3-1-2-9(16-10)12(18)19/h1-5H,(H,16,17)(H,18,19). The fraction of sp³-hybridized carbons (Fsp3) is 0. The highest BCUT2D eigenvalue weighted by atomic mass is 19.1. The third-order valence-corrected chi connectivity index (χ3v) is 2.23. The van der Waals surface area contributed by atoms with E-state index >= 15 is 0 Å². The SMILES string of the molecule is O=C(O)c1cccc(Nc2c(F)cc(F)cc2F)n1. The third-order valence-electron chi connectivity index (χ3n) is 2.23. The summed E-state index contributed by atoms with van der Waals surface area (Å²) >= 11 is 0. The fourth-order valence-electron chi connectivity index (χ4n) is 1.41. The average molecular weight is 268 g/mol. The van der Waals surface area contributed by atoms with Gasteiger partial charge in [0.15, 0.2) is 17.3 Å². The molecule has 4 nitrogen and oxygen atoms in total. The number of carboxylic acid groups (broad SMARTS) is 1. The molecule has 19 heavy (non-hydrogen) atoms. The van der Waals surface area contributed by atoms with Crippen molar-refractivity contribution in [2.45, 2.75) is 0 Å². The Kier molecular flexibility index (Phi) is 3.37. The number of hydrogen-bond acceptors (Lipinski definition) is 3. The Labute approximate surface area is 105 Å². The van der Waals surface area contributed by atoms with E-state index in [0.717, 1.165) is 0 Å². The summed E-state index contributed by atoms with van der Waals surface area (Å²) in [6.07, 6.45) is 0. The number of pyridine rings is 1. The Bertz CT molecular complexity index is 624. The van der Waals surface area contributed by atoms with Crippen LogP contribution in [0.1, 0.15) is 10.5 Å². The van der Waals surface area contributed by atoms with E-state index in [1.165, 1.54) is 18.2 Å². The van der Waals surface area contributed by atoms with Gasteiger partial charge in [0.25, 0.3) is 0 Å². The Morgan fingerprint density at radius 3 is 2.37 bits per heavy atom. The topological polar surface area (TPSA) is 62.2 Å². The van der Waals surface area contributed by atoms with Crippen LogP contribution >= 0.6 is 0 Å². The van der Waals surface area contributed by atoms with E-state index in [9.17, 15) is 18.0 Å². The highest BCUT2D eigenvalue weighted by Crippen LogP contribution is 2.23. The first-order valence-corrected chi connectivity index (χ1v) is 5.09. The van der Waals surface area contributed by atoms with Gasteiger partial charge in [0.2, 0.25) is 0 Å². The molecule has 1 heterocycles. The van der Waals surface area contributed by atoms with Gasteiger partial charge in [-0.25, -0.2) is 22.9 Å². The van der Waals surface area contributed by atoms with Gasteiger partial charge in [-0.15, -0.1) is 0 Å². The molecule has 2 rings (SSSR count). The highest BCUT2D eigenvalue weighted by molar-refractivity contribution is 5.85. The molecular formula is C12H7F3N2O2. The van der Waals surface area contributed by atoms with Crippen molar-refractivity contribution in [3.8, 4) is 0 Å². The van der Waals surface area contributed by atoms with Crippen molar-refractivity contribution < 1.29 is 23.1 Å². The summed E-state index contributed by atoms with van der Waals surface area (Å²) in [6.45, 7) is 0. The first kappa shape index (κ1) is 12.9. The zero-order valence-corrected chi connectivity index (χ0v) is 9.32. The number of aromatic carboxylic acids is 1. The van der Waals surface area contributed by atoms with E-state index < -0.39 is 29.1 Å². The van der Waals surface area contributed by atoms with Crippen LogP contribution in [0.4, 0.5) is 24.7 Å². The van der Waals surface area contributed by atoms with E-state index in [1.54, 1.807) is 0 Å². The molecule has 0 aliphatic rings. The van der Waals surface area contributed by atoms with Gasteiger partial charge in [-0.05, 0) is 12.1 Å². The molecule has 0 bridgehead atoms. The second-order valence-corrected chi connectivity index (χ2v) is 3.58. The molecule has 7 heteroatoms. The molecule has 0 saturated heterocycles. The van der Waals surface area contributed by atoms with Crippen LogP contribution in [-0.2, 0) is 0 Å². The maximum absolute atomic E-state index is 13.4. The third kappa shape index (κ3) is 2.82. The summed E-state index contributed by atoms with van der Waals surface area (Å²) in [7, 11) is 0. The lowest BCUT2D eigenvalue weighted by Gasteiger charge is -2.08. The molecule has 1 aromatic carbocycles. The predicted octanol–water partition coefficient (Wildman–Crippen LogP) is 2.94. The molecule has 2 N–H and O–H groups in total. The van der Waals surface area contributed by atoms with Crippen molar-refractivity contribution in [3.05, 3.63) is 53.5 Å². The molecule has 0 unspecified atom stereocenters. The number of benzene rings is 1. The molecular weight excluding hydrogens is 261 g/mol. The number of anilines is 2. The van der Waals surface area contributed by atoms with Crippen LogP contribution in [0, 0.1) is 17.5 Å². The summed E-state index contributed by atoms with van der Waals surface area (Å²) < 4.78 is 39.5. The minimum Gasteiger partial charge on any atom is -0.477 e. The van der Waals surface area contributed by atoms with Crippen molar-refractivity contribution >= 4 is 17.5 Å². The molecule has 0 aliphatic heterocycles. The van der Waals surface area contributed by atoms with Gasteiger partial charge in [0.1, 0.15) is 17.3 Å². The second-order valence-electron chi connectivity index (χ2n) is 3.58. The number of carbonyl (C=O) groups is 1. The largest absolute Gasteiger partial charge is 0.477 e. The van der Waals surface area contributed by atoms with Crippen molar-refractivity contribution in [2.75, 3.05) is 5.32 Å². The van der Waals surface area contributed by atoms with Crippen LogP contribution in [0.25, 0.3) is 0 Å². The predicted molar refractivity (Wildman–Crippen MR) is 60.8 cm³/mol. The van der Waals surface area contributed by atoms with Crippen LogP contribution in [0.3, 0.4) is 0 Å². The number of carboxylic acids is 1. The molecule has 0 atom stereocenters. The first-order chi connectivity index (χ1) is 8.97. The molecule has 1 aromatic heterocycles. The van der Waals surface area contributed by atoms with Crippen LogP contribution in [-0.4, -0.2) is 16.1 Å². The van der Waals surface area contributed by atoms with Crippen LogP contribution in [0.5, 0.6) is 0 Å². The molecule has 0 radical (unpaired) electrons. The number of rotatable bonds is 3. The summed E-state index contributed by atoms with van der Waals surface area (Å²) in [4.78, 5) is 14.3. The number of nitrogens with zero attached hydrogens (tertiary/aromatic N) is 1. The highest BCUT2D eigenvalue weighted by Gasteiger charge is 2.13. The Morgan fingerprint density at radius 1 is 1.16 bits per heavy atom. The second kappa shape index (κ2) is 4.97. The van der Waals surface area contributed by atoms with Crippen LogP contribution < -0.4 is 5.32 Å². The summed E-state index contributed by atoms with van der Waals surface area (Å²) in [5.74, 6) is -4.67. The monoisotopic (exact) mass is 268 g/mol. The molecule has 0 aliphatic carbocycles. The van der Waals surface area contributed by atoms with Gasteiger partial charge < -0.3 is 10.4 Å². The Hall–Kier alpha value is -2.57. The summed E-state index contributed by atoms with van der Waals surface area (Å²) in [5, 5.41) is 11.0. The van der Waals surface area contributed by atoms with E-state index in [2.05, 4.69) is 10.3 Å². The van der Waals surface area contributed by atoms with Crippen molar-refractivity contribution in [1.29, 1.82) is 0 Å². The van der Waals surface area contributed by atoms with Crippen LogP contribution in [0.2, 0.25) is 0 Å². The smallest absolute Gasteiger partial charge is 0.354 e. The first-order valence-electron chi connectivity index (χ1n) is 5.09. The van der Waals surface area contributed by atoms with E-state index in [4.69, 9.17) is 5.11 Å². The van der Waals surface area contributed by atoms with Crippen molar-refractivity contribution in [2.24, 2.45) is 0 Å². The number of halogens is 3. The number of hydrogen-bond donors (Lipinski definition) is 2. The minimum absolute atomic E-state index is 0.0655. The number of nitrogens with one attached hydrogen (secondary N) is 1. The van der Waals surface area contributed by atoms with E-state index in [1.807, 2.05) is 0 Å². The zero-order valence-electron chi connectivity index (χ0n) is 9.32. The van der Waals surface area contributed by atoms with Gasteiger partial charge in [0.05, 0.1) is 0 Å². The van der Waals surface area contributed by atoms with E-state index in [-0.39, 0.29) is 11.5 Å². The van der Waals surface area contributed by atoms with Gasteiger partial charge in [-0.1, -0.05) is 6.07 Å². The quantitative estimate of drug-likeness (QED) is 0.898. The lowest BCUT2D eigenvalue weighted by atomic mass is 10.2. The maximum Gasteiger partial charge on any atom is 0.354 e. The van der Waals surface area contributed by atoms with Crippen molar-refractivity contribution in [3.63, 3.8) is 0 Å². The van der Waals surface area contributed by atoms with E-state index in [0.29, 0.717) is 12.1 Å². The van der Waals surface area contributed by atoms with Gasteiger partial charge in [0, 0.05) is 12.1 Å². The normalized spacial score (nSPS) is 10.3. The van der Waals surface area contributed by atoms with Crippen LogP contribution in [0.15, 0.2) is 30.3 Å². The van der Waals surface area contributed by atoms with Crippen molar-refractivity contribution in [1.82, 2.24) is 4.98 Å². The lowest BCUT2D eigenvalue weighted by molar-refractivity contribution is 0.0690. The maximum atomic E-state index is 13.4. The van der Waals surface area contributed by atoms with Gasteiger partial charge in [-0.2, -0.15) is 0 Å². The molecule has 0 fully saturated rings. The van der Waals surface area contributed by atoms with Gasteiger partial charge in [-0.3, -0.25) is 0 Å². The molecule has 0 saturated carbocycles. The molecule has 98 valence electrons. The fourth-order valence-corrected chi connectivity index (χ4v) is 1.41. The number of aromatic nitrogens is 1. The zero-order chi connectivity index (χ0) is 14.0. The summed E-state index contributed by atoms with van der Waals surface area (Å²) in [5.41, 5.74) is -0.885. The summed E-state index contributed by atoms with van der Waals surface area (Å²) in [6, 6.07) is 4.93. The Balaban J connectivity index is 2.36. The molecule has 2 aromatic rings. The minimum atomic E-state index is -1.27. The average Bonchev–Trinajstić information content (AvgIpc) is 2.34. The Morgan fingerprint density at radius 2 is 1.79 bits per heavy atom. The molecule has 0 spiro atoms. The lowest BCUT2D eigenvalue weighted by Crippen LogP contribution is -2.04.